The second-order valence-electron chi connectivity index (χ2n) is 5.18. The lowest BCUT2D eigenvalue weighted by Gasteiger charge is -2.24. The zero-order chi connectivity index (χ0) is 12.6. The quantitative estimate of drug-likeness (QED) is 0.682. The SMILES string of the molecule is CCCNCc1occc1COCCC1CCC1. The standard InChI is InChI=1S/C15H25NO2/c1-2-8-16-11-15-14(7-10-18-15)12-17-9-6-13-4-3-5-13/h7,10,13,16H,2-6,8-9,11-12H2,1H3. The summed E-state index contributed by atoms with van der Waals surface area (Å²) in [6, 6.07) is 2.02. The zero-order valence-electron chi connectivity index (χ0n) is 11.4. The van der Waals surface area contributed by atoms with E-state index in [1.807, 2.05) is 6.07 Å². The molecular weight excluding hydrogens is 226 g/mol. The Hall–Kier alpha value is -0.800. The first-order chi connectivity index (χ1) is 8.90. The van der Waals surface area contributed by atoms with E-state index < -0.39 is 0 Å². The van der Waals surface area contributed by atoms with Crippen LogP contribution in [0.2, 0.25) is 0 Å². The van der Waals surface area contributed by atoms with E-state index in [2.05, 4.69) is 12.2 Å². The fourth-order valence-corrected chi connectivity index (χ4v) is 2.24. The predicted octanol–water partition coefficient (Wildman–Crippen LogP) is 3.49. The van der Waals surface area contributed by atoms with Gasteiger partial charge in [0, 0.05) is 12.2 Å². The molecule has 0 aromatic carbocycles. The molecule has 0 bridgehead atoms. The molecule has 1 heterocycles. The molecule has 3 heteroatoms. The number of hydrogen-bond donors (Lipinski definition) is 1. The van der Waals surface area contributed by atoms with Gasteiger partial charge in [-0.3, -0.25) is 0 Å². The number of furan rings is 1. The molecule has 0 saturated heterocycles. The van der Waals surface area contributed by atoms with Crippen LogP contribution in [0, 0.1) is 5.92 Å². The first-order valence-corrected chi connectivity index (χ1v) is 7.24. The summed E-state index contributed by atoms with van der Waals surface area (Å²) >= 11 is 0. The molecule has 0 spiro atoms. The van der Waals surface area contributed by atoms with Gasteiger partial charge in [0.1, 0.15) is 5.76 Å². The van der Waals surface area contributed by atoms with Crippen LogP contribution in [0.3, 0.4) is 0 Å². The van der Waals surface area contributed by atoms with Gasteiger partial charge in [-0.05, 0) is 31.4 Å². The normalized spacial score (nSPS) is 15.8. The molecule has 2 rings (SSSR count). The van der Waals surface area contributed by atoms with Gasteiger partial charge >= 0.3 is 0 Å². The summed E-state index contributed by atoms with van der Waals surface area (Å²) in [4.78, 5) is 0. The summed E-state index contributed by atoms with van der Waals surface area (Å²) < 4.78 is 11.2. The highest BCUT2D eigenvalue weighted by Gasteiger charge is 2.16. The predicted molar refractivity (Wildman–Crippen MR) is 72.3 cm³/mol. The lowest BCUT2D eigenvalue weighted by Crippen LogP contribution is -2.15. The van der Waals surface area contributed by atoms with Crippen molar-refractivity contribution in [3.63, 3.8) is 0 Å². The van der Waals surface area contributed by atoms with Gasteiger partial charge in [-0.25, -0.2) is 0 Å². The lowest BCUT2D eigenvalue weighted by molar-refractivity contribution is 0.0939. The summed E-state index contributed by atoms with van der Waals surface area (Å²) in [5.41, 5.74) is 1.19. The van der Waals surface area contributed by atoms with E-state index >= 15 is 0 Å². The van der Waals surface area contributed by atoms with Crippen LogP contribution in [0.4, 0.5) is 0 Å². The van der Waals surface area contributed by atoms with Crippen molar-refractivity contribution < 1.29 is 9.15 Å². The number of rotatable bonds is 9. The van der Waals surface area contributed by atoms with Gasteiger partial charge in [0.2, 0.25) is 0 Å². The highest BCUT2D eigenvalue weighted by Crippen LogP contribution is 2.29. The fourth-order valence-electron chi connectivity index (χ4n) is 2.24. The van der Waals surface area contributed by atoms with E-state index in [1.54, 1.807) is 6.26 Å². The fraction of sp³-hybridized carbons (Fsp3) is 0.733. The van der Waals surface area contributed by atoms with Crippen LogP contribution in [-0.4, -0.2) is 13.2 Å². The summed E-state index contributed by atoms with van der Waals surface area (Å²) in [7, 11) is 0. The summed E-state index contributed by atoms with van der Waals surface area (Å²) in [6.07, 6.45) is 8.35. The Bertz CT molecular complexity index is 331. The molecule has 0 radical (unpaired) electrons. The second kappa shape index (κ2) is 7.59. The van der Waals surface area contributed by atoms with Crippen molar-refractivity contribution >= 4 is 0 Å². The highest BCUT2D eigenvalue weighted by atomic mass is 16.5. The van der Waals surface area contributed by atoms with Crippen LogP contribution >= 0.6 is 0 Å². The second-order valence-corrected chi connectivity index (χ2v) is 5.18. The van der Waals surface area contributed by atoms with Gasteiger partial charge in [-0.2, -0.15) is 0 Å². The minimum Gasteiger partial charge on any atom is -0.468 e. The Morgan fingerprint density at radius 1 is 1.44 bits per heavy atom. The molecule has 0 amide bonds. The summed E-state index contributed by atoms with van der Waals surface area (Å²) in [6.45, 7) is 5.58. The van der Waals surface area contributed by atoms with Gasteiger partial charge in [0.05, 0.1) is 19.4 Å². The maximum Gasteiger partial charge on any atom is 0.123 e. The molecular formula is C15H25NO2. The van der Waals surface area contributed by atoms with E-state index in [9.17, 15) is 0 Å². The van der Waals surface area contributed by atoms with Crippen molar-refractivity contribution in [1.82, 2.24) is 5.32 Å². The summed E-state index contributed by atoms with van der Waals surface area (Å²) in [5.74, 6) is 1.95. The number of hydrogen-bond acceptors (Lipinski definition) is 3. The van der Waals surface area contributed by atoms with E-state index in [-0.39, 0.29) is 0 Å². The third-order valence-corrected chi connectivity index (χ3v) is 3.70. The molecule has 0 atom stereocenters. The Morgan fingerprint density at radius 2 is 2.33 bits per heavy atom. The molecule has 1 aliphatic rings. The molecule has 18 heavy (non-hydrogen) atoms. The van der Waals surface area contributed by atoms with Crippen molar-refractivity contribution in [2.75, 3.05) is 13.2 Å². The highest BCUT2D eigenvalue weighted by molar-refractivity contribution is 5.15. The Balaban J connectivity index is 1.63. The lowest BCUT2D eigenvalue weighted by atomic mass is 9.83. The van der Waals surface area contributed by atoms with Crippen LogP contribution in [0.25, 0.3) is 0 Å². The minimum atomic E-state index is 0.687. The van der Waals surface area contributed by atoms with E-state index in [4.69, 9.17) is 9.15 Å². The van der Waals surface area contributed by atoms with E-state index in [0.29, 0.717) is 6.61 Å². The van der Waals surface area contributed by atoms with Crippen molar-refractivity contribution in [3.05, 3.63) is 23.7 Å². The van der Waals surface area contributed by atoms with E-state index in [0.717, 1.165) is 37.8 Å². The van der Waals surface area contributed by atoms with Crippen molar-refractivity contribution in [2.45, 2.75) is 52.2 Å². The molecule has 0 unspecified atom stereocenters. The molecule has 1 saturated carbocycles. The third-order valence-electron chi connectivity index (χ3n) is 3.70. The Labute approximate surface area is 110 Å². The first-order valence-electron chi connectivity index (χ1n) is 7.24. The molecule has 102 valence electrons. The molecule has 0 aliphatic heterocycles. The average molecular weight is 251 g/mol. The molecule has 1 fully saturated rings. The average Bonchev–Trinajstić information content (AvgIpc) is 2.75. The van der Waals surface area contributed by atoms with Gasteiger partial charge in [-0.1, -0.05) is 26.2 Å². The maximum atomic E-state index is 5.74. The minimum absolute atomic E-state index is 0.687. The van der Waals surface area contributed by atoms with Crippen LogP contribution in [-0.2, 0) is 17.9 Å². The first kappa shape index (κ1) is 13.6. The van der Waals surface area contributed by atoms with E-state index in [1.165, 1.54) is 31.2 Å². The van der Waals surface area contributed by atoms with Crippen molar-refractivity contribution in [1.29, 1.82) is 0 Å². The molecule has 3 nitrogen and oxygen atoms in total. The van der Waals surface area contributed by atoms with Crippen molar-refractivity contribution in [2.24, 2.45) is 5.92 Å². The van der Waals surface area contributed by atoms with Crippen LogP contribution < -0.4 is 5.32 Å². The zero-order valence-corrected chi connectivity index (χ0v) is 11.4. The number of ether oxygens (including phenoxy) is 1. The largest absolute Gasteiger partial charge is 0.468 e. The van der Waals surface area contributed by atoms with Crippen LogP contribution in [0.5, 0.6) is 0 Å². The topological polar surface area (TPSA) is 34.4 Å². The Morgan fingerprint density at radius 3 is 3.06 bits per heavy atom. The monoisotopic (exact) mass is 251 g/mol. The van der Waals surface area contributed by atoms with Crippen molar-refractivity contribution in [3.8, 4) is 0 Å². The van der Waals surface area contributed by atoms with Crippen LogP contribution in [0.15, 0.2) is 16.7 Å². The van der Waals surface area contributed by atoms with Gasteiger partial charge in [0.15, 0.2) is 0 Å². The van der Waals surface area contributed by atoms with Gasteiger partial charge in [0.25, 0.3) is 0 Å². The molecule has 1 aliphatic carbocycles. The van der Waals surface area contributed by atoms with Crippen LogP contribution in [0.1, 0.15) is 50.4 Å². The molecule has 1 aromatic rings. The van der Waals surface area contributed by atoms with Gasteiger partial charge in [-0.15, -0.1) is 0 Å². The number of nitrogens with one attached hydrogen (secondary N) is 1. The van der Waals surface area contributed by atoms with Gasteiger partial charge < -0.3 is 14.5 Å². The Kier molecular flexibility index (Phi) is 5.75. The summed E-state index contributed by atoms with van der Waals surface area (Å²) in [5, 5.41) is 3.36. The molecule has 1 N–H and O–H groups in total. The maximum absolute atomic E-state index is 5.74. The smallest absolute Gasteiger partial charge is 0.123 e. The third kappa shape index (κ3) is 4.14. The molecule has 1 aromatic heterocycles.